The zero-order valence-corrected chi connectivity index (χ0v) is 17.2. The number of aromatic nitrogens is 1. The lowest BCUT2D eigenvalue weighted by Crippen LogP contribution is -2.30. The van der Waals surface area contributed by atoms with Crippen LogP contribution in [0.25, 0.3) is 20.3 Å². The van der Waals surface area contributed by atoms with Crippen molar-refractivity contribution >= 4 is 45.0 Å². The second-order valence-corrected chi connectivity index (χ2v) is 8.75. The van der Waals surface area contributed by atoms with E-state index in [9.17, 15) is 9.18 Å². The lowest BCUT2D eigenvalue weighted by molar-refractivity contribution is -0.122. The van der Waals surface area contributed by atoms with E-state index in [0.29, 0.717) is 10.9 Å². The summed E-state index contributed by atoms with van der Waals surface area (Å²) >= 11 is 4.68. The number of anilines is 1. The molecule has 0 fully saturated rings. The van der Waals surface area contributed by atoms with Crippen LogP contribution in [0.5, 0.6) is 5.75 Å². The number of hydrogen-bond acceptors (Lipinski definition) is 6. The normalized spacial score (nSPS) is 11.9. The molecular weight excluding hydrogens is 415 g/mol. The number of carbonyl (C=O) groups is 1. The van der Waals surface area contributed by atoms with Crippen molar-refractivity contribution in [2.45, 2.75) is 13.0 Å². The number of halogens is 1. The van der Waals surface area contributed by atoms with Crippen molar-refractivity contribution in [1.29, 1.82) is 0 Å². The molecule has 142 valence electrons. The third kappa shape index (κ3) is 4.14. The Kier molecular flexibility index (Phi) is 5.52. The highest BCUT2D eigenvalue weighted by molar-refractivity contribution is 7.24. The summed E-state index contributed by atoms with van der Waals surface area (Å²) < 4.78 is 18.6. The SMILES string of the molecule is CC(Oc1ccc(F)cc1)C(=O)Nc1nc(-c2cccs2)c(-c2cccs2)s1. The summed E-state index contributed by atoms with van der Waals surface area (Å²) in [6.07, 6.45) is -0.746. The van der Waals surface area contributed by atoms with E-state index in [1.54, 1.807) is 29.6 Å². The van der Waals surface area contributed by atoms with E-state index in [1.165, 1.54) is 35.6 Å². The Morgan fingerprint density at radius 1 is 1.07 bits per heavy atom. The second-order valence-electron chi connectivity index (χ2n) is 5.85. The van der Waals surface area contributed by atoms with Crippen LogP contribution in [-0.4, -0.2) is 17.0 Å². The van der Waals surface area contributed by atoms with Crippen molar-refractivity contribution in [1.82, 2.24) is 4.98 Å². The van der Waals surface area contributed by atoms with Crippen LogP contribution in [0.4, 0.5) is 9.52 Å². The molecule has 0 aliphatic heterocycles. The molecule has 1 atom stereocenters. The highest BCUT2D eigenvalue weighted by Gasteiger charge is 2.20. The Balaban J connectivity index is 1.53. The van der Waals surface area contributed by atoms with Gasteiger partial charge in [-0.3, -0.25) is 10.1 Å². The molecule has 0 saturated carbocycles. The maximum Gasteiger partial charge on any atom is 0.266 e. The fourth-order valence-corrected chi connectivity index (χ4v) is 5.13. The summed E-state index contributed by atoms with van der Waals surface area (Å²) in [6, 6.07) is 13.6. The quantitative estimate of drug-likeness (QED) is 0.399. The molecule has 28 heavy (non-hydrogen) atoms. The molecule has 3 aromatic heterocycles. The van der Waals surface area contributed by atoms with Crippen LogP contribution in [-0.2, 0) is 4.79 Å². The van der Waals surface area contributed by atoms with Crippen molar-refractivity contribution in [3.8, 4) is 26.1 Å². The van der Waals surface area contributed by atoms with Gasteiger partial charge in [0.15, 0.2) is 11.2 Å². The average Bonchev–Trinajstić information content (AvgIpc) is 3.44. The first-order chi connectivity index (χ1) is 13.6. The maximum atomic E-state index is 13.0. The van der Waals surface area contributed by atoms with Crippen LogP contribution in [0.1, 0.15) is 6.92 Å². The van der Waals surface area contributed by atoms with Gasteiger partial charge in [0.05, 0.1) is 9.75 Å². The third-order valence-corrected chi connectivity index (χ3v) is 6.75. The number of nitrogens with zero attached hydrogens (tertiary/aromatic N) is 1. The van der Waals surface area contributed by atoms with Crippen molar-refractivity contribution in [2.24, 2.45) is 0 Å². The van der Waals surface area contributed by atoms with Gasteiger partial charge in [-0.05, 0) is 54.1 Å². The maximum absolute atomic E-state index is 13.0. The van der Waals surface area contributed by atoms with Gasteiger partial charge in [0, 0.05) is 4.88 Å². The molecule has 1 aromatic carbocycles. The zero-order chi connectivity index (χ0) is 19.5. The molecular formula is C20H15FN2O2S3. The Morgan fingerprint density at radius 2 is 1.75 bits per heavy atom. The molecule has 1 N–H and O–H groups in total. The smallest absolute Gasteiger partial charge is 0.266 e. The standard InChI is InChI=1S/C20H15FN2O2S3/c1-12(25-14-8-6-13(21)7-9-14)19(24)23-20-22-17(15-4-2-10-26-15)18(28-20)16-5-3-11-27-16/h2-12H,1H3,(H,22,23,24). The molecule has 8 heteroatoms. The molecule has 1 unspecified atom stereocenters. The largest absolute Gasteiger partial charge is 0.481 e. The summed E-state index contributed by atoms with van der Waals surface area (Å²) in [4.78, 5) is 20.4. The van der Waals surface area contributed by atoms with Gasteiger partial charge in [0.2, 0.25) is 0 Å². The van der Waals surface area contributed by atoms with Crippen LogP contribution >= 0.6 is 34.0 Å². The number of thiazole rings is 1. The van der Waals surface area contributed by atoms with Gasteiger partial charge in [-0.1, -0.05) is 23.5 Å². The number of rotatable bonds is 6. The molecule has 0 spiro atoms. The first-order valence-corrected chi connectivity index (χ1v) is 11.0. The average molecular weight is 431 g/mol. The van der Waals surface area contributed by atoms with Gasteiger partial charge in [0.25, 0.3) is 5.91 Å². The minimum atomic E-state index is -0.746. The fraction of sp³-hybridized carbons (Fsp3) is 0.100. The Hall–Kier alpha value is -2.55. The van der Waals surface area contributed by atoms with Gasteiger partial charge in [-0.2, -0.15) is 0 Å². The number of nitrogens with one attached hydrogen (secondary N) is 1. The Bertz CT molecular complexity index is 1010. The summed E-state index contributed by atoms with van der Waals surface area (Å²) in [5, 5.41) is 7.38. The number of thiophene rings is 2. The third-order valence-electron chi connectivity index (χ3n) is 3.85. The molecule has 4 rings (SSSR count). The minimum Gasteiger partial charge on any atom is -0.481 e. The molecule has 4 nitrogen and oxygen atoms in total. The highest BCUT2D eigenvalue weighted by Crippen LogP contribution is 2.42. The molecule has 0 aliphatic rings. The number of hydrogen-bond donors (Lipinski definition) is 1. The molecule has 1 amide bonds. The lowest BCUT2D eigenvalue weighted by atomic mass is 10.3. The first kappa shape index (κ1) is 18.8. The van der Waals surface area contributed by atoms with Gasteiger partial charge < -0.3 is 4.74 Å². The van der Waals surface area contributed by atoms with E-state index in [-0.39, 0.29) is 11.7 Å². The van der Waals surface area contributed by atoms with Gasteiger partial charge in [-0.25, -0.2) is 9.37 Å². The summed E-state index contributed by atoms with van der Waals surface area (Å²) in [5.41, 5.74) is 0.866. The minimum absolute atomic E-state index is 0.312. The number of ether oxygens (including phenoxy) is 1. The predicted octanol–water partition coefficient (Wildman–Crippen LogP) is 6.15. The lowest BCUT2D eigenvalue weighted by Gasteiger charge is -2.13. The van der Waals surface area contributed by atoms with E-state index in [2.05, 4.69) is 10.3 Å². The summed E-state index contributed by atoms with van der Waals surface area (Å²) in [5.74, 6) is -0.232. The van der Waals surface area contributed by atoms with Crippen LogP contribution in [0.2, 0.25) is 0 Å². The number of benzene rings is 1. The fourth-order valence-electron chi connectivity index (χ4n) is 2.51. The van der Waals surface area contributed by atoms with E-state index in [0.717, 1.165) is 20.3 Å². The monoisotopic (exact) mass is 430 g/mol. The van der Waals surface area contributed by atoms with Crippen LogP contribution in [0, 0.1) is 5.82 Å². The van der Waals surface area contributed by atoms with E-state index >= 15 is 0 Å². The highest BCUT2D eigenvalue weighted by atomic mass is 32.1. The van der Waals surface area contributed by atoms with Crippen LogP contribution in [0.15, 0.2) is 59.3 Å². The predicted molar refractivity (Wildman–Crippen MR) is 114 cm³/mol. The van der Waals surface area contributed by atoms with E-state index < -0.39 is 6.10 Å². The van der Waals surface area contributed by atoms with Crippen molar-refractivity contribution in [3.63, 3.8) is 0 Å². The van der Waals surface area contributed by atoms with E-state index in [1.807, 2.05) is 35.0 Å². The number of amides is 1. The van der Waals surface area contributed by atoms with Crippen molar-refractivity contribution in [3.05, 3.63) is 65.1 Å². The Morgan fingerprint density at radius 3 is 2.39 bits per heavy atom. The molecule has 0 aliphatic carbocycles. The summed E-state index contributed by atoms with van der Waals surface area (Å²) in [6.45, 7) is 1.65. The number of carbonyl (C=O) groups excluding carboxylic acids is 1. The first-order valence-electron chi connectivity index (χ1n) is 8.42. The van der Waals surface area contributed by atoms with Crippen molar-refractivity contribution < 1.29 is 13.9 Å². The summed E-state index contributed by atoms with van der Waals surface area (Å²) in [7, 11) is 0. The zero-order valence-electron chi connectivity index (χ0n) is 14.7. The molecule has 3 heterocycles. The van der Waals surface area contributed by atoms with E-state index in [4.69, 9.17) is 4.74 Å². The van der Waals surface area contributed by atoms with Crippen molar-refractivity contribution in [2.75, 3.05) is 5.32 Å². The molecule has 0 radical (unpaired) electrons. The molecule has 0 bridgehead atoms. The molecule has 4 aromatic rings. The molecule has 0 saturated heterocycles. The van der Waals surface area contributed by atoms with Gasteiger partial charge in [-0.15, -0.1) is 22.7 Å². The van der Waals surface area contributed by atoms with Gasteiger partial charge in [0.1, 0.15) is 17.3 Å². The topological polar surface area (TPSA) is 51.2 Å². The van der Waals surface area contributed by atoms with Crippen LogP contribution in [0.3, 0.4) is 0 Å². The van der Waals surface area contributed by atoms with Crippen LogP contribution < -0.4 is 10.1 Å². The van der Waals surface area contributed by atoms with Gasteiger partial charge >= 0.3 is 0 Å². The second kappa shape index (κ2) is 8.22. The Labute approximate surface area is 173 Å².